The number of unbranched alkanes of at least 4 members (excludes halogenated alkanes) is 11. The first kappa shape index (κ1) is 27.3. The van der Waals surface area contributed by atoms with E-state index in [1.165, 1.54) is 56.8 Å². The third kappa shape index (κ3) is 19.4. The van der Waals surface area contributed by atoms with Crippen LogP contribution >= 0.6 is 0 Å². The van der Waals surface area contributed by atoms with E-state index in [9.17, 15) is 19.2 Å². The quantitative estimate of drug-likeness (QED) is 0.287. The molecule has 0 unspecified atom stereocenters. The Labute approximate surface area is 176 Å². The monoisotopic (exact) mass is 411 g/mol. The van der Waals surface area contributed by atoms with Gasteiger partial charge in [-0.2, -0.15) is 0 Å². The second-order valence-electron chi connectivity index (χ2n) is 8.11. The number of carbonyl (C=O) groups excluding carboxylic acids is 3. The Kier molecular flexibility index (Phi) is 17.2. The van der Waals surface area contributed by atoms with Crippen LogP contribution in [0.1, 0.15) is 110 Å². The van der Waals surface area contributed by atoms with Gasteiger partial charge in [0.25, 0.3) is 0 Å². The molecule has 0 fully saturated rings. The summed E-state index contributed by atoms with van der Waals surface area (Å²) >= 11 is 0. The summed E-state index contributed by atoms with van der Waals surface area (Å²) in [6.45, 7) is 2.96. The zero-order chi connectivity index (χ0) is 21.9. The minimum atomic E-state index is -1.04. The van der Waals surface area contributed by atoms with Gasteiger partial charge in [0.05, 0.1) is 0 Å². The highest BCUT2D eigenvalue weighted by molar-refractivity contribution is 5.82. The first-order valence-corrected chi connectivity index (χ1v) is 11.3. The van der Waals surface area contributed by atoms with Crippen molar-refractivity contribution in [2.45, 2.75) is 110 Å². The molecule has 0 saturated carbocycles. The number of carboxylic acid groups (broad SMARTS) is 1. The zero-order valence-corrected chi connectivity index (χ0v) is 18.5. The third-order valence-electron chi connectivity index (χ3n) is 5.08. The van der Waals surface area contributed by atoms with Crippen LogP contribution in [-0.4, -0.2) is 46.5 Å². The number of hydrogen-bond acceptors (Lipinski definition) is 4. The van der Waals surface area contributed by atoms with Crippen LogP contribution in [0.25, 0.3) is 0 Å². The predicted octanol–water partition coefficient (Wildman–Crippen LogP) is 4.93. The predicted molar refractivity (Wildman–Crippen MR) is 115 cm³/mol. The summed E-state index contributed by atoms with van der Waals surface area (Å²) in [5.41, 5.74) is 0. The van der Waals surface area contributed by atoms with Gasteiger partial charge in [-0.3, -0.25) is 14.4 Å². The van der Waals surface area contributed by atoms with Crippen molar-refractivity contribution in [2.75, 3.05) is 13.1 Å². The Balaban J connectivity index is 3.57. The number of aliphatic carboxylic acids is 1. The van der Waals surface area contributed by atoms with E-state index in [1.807, 2.05) is 0 Å². The summed E-state index contributed by atoms with van der Waals surface area (Å²) in [5.74, 6) is -0.962. The molecule has 1 N–H and O–H groups in total. The van der Waals surface area contributed by atoms with Crippen molar-refractivity contribution in [2.24, 2.45) is 0 Å². The smallest absolute Gasteiger partial charge is 0.323 e. The Hall–Kier alpha value is -1.72. The second-order valence-corrected chi connectivity index (χ2v) is 8.11. The standard InChI is InChI=1S/C23H41NO5/c1-20(25)15-13-11-9-7-5-3-4-6-8-10-12-14-16-22(27)24(19-23(28)29)18-17-21(2)26/h3-19H2,1-2H3,(H,28,29). The van der Waals surface area contributed by atoms with Crippen molar-refractivity contribution >= 4 is 23.4 Å². The van der Waals surface area contributed by atoms with Crippen LogP contribution < -0.4 is 0 Å². The van der Waals surface area contributed by atoms with E-state index in [0.717, 1.165) is 38.5 Å². The summed E-state index contributed by atoms with van der Waals surface area (Å²) in [5, 5.41) is 8.91. The highest BCUT2D eigenvalue weighted by Crippen LogP contribution is 2.13. The van der Waals surface area contributed by atoms with Crippen molar-refractivity contribution in [3.8, 4) is 0 Å². The fourth-order valence-electron chi connectivity index (χ4n) is 3.32. The number of ketones is 2. The van der Waals surface area contributed by atoms with E-state index in [2.05, 4.69) is 0 Å². The lowest BCUT2D eigenvalue weighted by atomic mass is 10.0. The van der Waals surface area contributed by atoms with E-state index < -0.39 is 5.97 Å². The molecular formula is C23H41NO5. The minimum Gasteiger partial charge on any atom is -0.480 e. The topological polar surface area (TPSA) is 91.8 Å². The Morgan fingerprint density at radius 2 is 0.966 bits per heavy atom. The van der Waals surface area contributed by atoms with E-state index >= 15 is 0 Å². The van der Waals surface area contributed by atoms with Gasteiger partial charge in [-0.25, -0.2) is 0 Å². The number of Topliss-reactive ketones (excluding diaryl/α,β-unsaturated/α-hetero) is 2. The number of nitrogens with zero attached hydrogens (tertiary/aromatic N) is 1. The van der Waals surface area contributed by atoms with E-state index in [4.69, 9.17) is 5.11 Å². The van der Waals surface area contributed by atoms with Gasteiger partial charge in [0.1, 0.15) is 18.1 Å². The van der Waals surface area contributed by atoms with Gasteiger partial charge in [-0.05, 0) is 26.7 Å². The molecule has 0 radical (unpaired) electrons. The second kappa shape index (κ2) is 18.3. The molecule has 0 heterocycles. The maximum atomic E-state index is 12.2. The fraction of sp³-hybridized carbons (Fsp3) is 0.826. The summed E-state index contributed by atoms with van der Waals surface area (Å²) in [7, 11) is 0. The van der Waals surface area contributed by atoms with Crippen LogP contribution in [0, 0.1) is 0 Å². The van der Waals surface area contributed by atoms with Gasteiger partial charge in [0, 0.05) is 25.8 Å². The van der Waals surface area contributed by atoms with Crippen molar-refractivity contribution in [1.82, 2.24) is 4.90 Å². The lowest BCUT2D eigenvalue weighted by Crippen LogP contribution is -2.36. The van der Waals surface area contributed by atoms with Gasteiger partial charge in [-0.1, -0.05) is 64.2 Å². The van der Waals surface area contributed by atoms with Gasteiger partial charge >= 0.3 is 5.97 Å². The number of carbonyl (C=O) groups is 4. The molecule has 1 amide bonds. The summed E-state index contributed by atoms with van der Waals surface area (Å²) in [4.78, 5) is 46.2. The largest absolute Gasteiger partial charge is 0.480 e. The third-order valence-corrected chi connectivity index (χ3v) is 5.08. The van der Waals surface area contributed by atoms with Crippen molar-refractivity contribution in [3.63, 3.8) is 0 Å². The normalized spacial score (nSPS) is 10.7. The highest BCUT2D eigenvalue weighted by atomic mass is 16.4. The molecule has 6 heteroatoms. The van der Waals surface area contributed by atoms with Crippen LogP contribution in [0.2, 0.25) is 0 Å². The maximum absolute atomic E-state index is 12.2. The highest BCUT2D eigenvalue weighted by Gasteiger charge is 2.16. The van der Waals surface area contributed by atoms with Crippen LogP contribution in [0.3, 0.4) is 0 Å². The van der Waals surface area contributed by atoms with Gasteiger partial charge in [0.2, 0.25) is 5.91 Å². The number of amides is 1. The first-order chi connectivity index (χ1) is 13.8. The lowest BCUT2D eigenvalue weighted by Gasteiger charge is -2.20. The number of carboxylic acids is 1. The summed E-state index contributed by atoms with van der Waals surface area (Å²) < 4.78 is 0. The van der Waals surface area contributed by atoms with E-state index in [-0.39, 0.29) is 31.2 Å². The average Bonchev–Trinajstić information content (AvgIpc) is 2.64. The van der Waals surface area contributed by atoms with Gasteiger partial charge in [-0.15, -0.1) is 0 Å². The van der Waals surface area contributed by atoms with E-state index in [1.54, 1.807) is 6.92 Å². The molecule has 0 aliphatic heterocycles. The molecule has 0 rings (SSSR count). The molecular weight excluding hydrogens is 370 g/mol. The molecule has 0 bridgehead atoms. The molecule has 168 valence electrons. The summed E-state index contributed by atoms with van der Waals surface area (Å²) in [6, 6.07) is 0. The first-order valence-electron chi connectivity index (χ1n) is 11.3. The molecule has 0 aliphatic carbocycles. The molecule has 0 spiro atoms. The Morgan fingerprint density at radius 3 is 1.34 bits per heavy atom. The molecule has 0 aromatic carbocycles. The van der Waals surface area contributed by atoms with Crippen LogP contribution in [0.15, 0.2) is 0 Å². The molecule has 0 aromatic heterocycles. The number of hydrogen-bond donors (Lipinski definition) is 1. The van der Waals surface area contributed by atoms with Crippen LogP contribution in [0.4, 0.5) is 0 Å². The SMILES string of the molecule is CC(=O)CCCCCCCCCCCCCCC(=O)N(CCC(C)=O)CC(=O)O. The minimum absolute atomic E-state index is 0.0406. The average molecular weight is 412 g/mol. The van der Waals surface area contributed by atoms with Crippen molar-refractivity contribution in [3.05, 3.63) is 0 Å². The van der Waals surface area contributed by atoms with Crippen LogP contribution in [0.5, 0.6) is 0 Å². The lowest BCUT2D eigenvalue weighted by molar-refractivity contribution is -0.144. The Morgan fingerprint density at radius 1 is 0.586 bits per heavy atom. The van der Waals surface area contributed by atoms with Crippen molar-refractivity contribution in [1.29, 1.82) is 0 Å². The molecule has 29 heavy (non-hydrogen) atoms. The summed E-state index contributed by atoms with van der Waals surface area (Å²) in [6.07, 6.45) is 15.0. The molecule has 0 atom stereocenters. The zero-order valence-electron chi connectivity index (χ0n) is 18.5. The van der Waals surface area contributed by atoms with Gasteiger partial charge in [0.15, 0.2) is 0 Å². The van der Waals surface area contributed by atoms with Gasteiger partial charge < -0.3 is 14.8 Å². The molecule has 0 aliphatic rings. The molecule has 6 nitrogen and oxygen atoms in total. The maximum Gasteiger partial charge on any atom is 0.323 e. The van der Waals surface area contributed by atoms with Crippen molar-refractivity contribution < 1.29 is 24.3 Å². The Bertz CT molecular complexity index is 490. The van der Waals surface area contributed by atoms with Crippen LogP contribution in [-0.2, 0) is 19.2 Å². The van der Waals surface area contributed by atoms with E-state index in [0.29, 0.717) is 12.2 Å². The fourth-order valence-corrected chi connectivity index (χ4v) is 3.32. The molecule has 0 aromatic rings. The number of rotatable bonds is 20. The molecule has 0 saturated heterocycles.